The molecule has 0 saturated carbocycles. The summed E-state index contributed by atoms with van der Waals surface area (Å²) in [4.78, 5) is 16.2. The van der Waals surface area contributed by atoms with E-state index in [4.69, 9.17) is 0 Å². The van der Waals surface area contributed by atoms with Gasteiger partial charge in [0.1, 0.15) is 0 Å². The molecule has 0 aliphatic carbocycles. The van der Waals surface area contributed by atoms with Crippen LogP contribution in [-0.2, 0) is 0 Å². The number of hydrogen-bond donors (Lipinski definition) is 0. The molecule has 0 N–H and O–H groups in total. The second-order valence-electron chi connectivity index (χ2n) is 3.55. The summed E-state index contributed by atoms with van der Waals surface area (Å²) in [6.45, 7) is 9.44. The molecule has 1 rings (SSSR count). The Balaban J connectivity index is 3.46. The van der Waals surface area contributed by atoms with Gasteiger partial charge in [0.2, 0.25) is 0 Å². The zero-order valence-corrected chi connectivity index (χ0v) is 9.40. The highest BCUT2D eigenvalue weighted by atomic mass is 16.1. The maximum absolute atomic E-state index is 12.0. The van der Waals surface area contributed by atoms with Crippen LogP contribution in [0.4, 0.5) is 0 Å². The Labute approximate surface area is 89.8 Å². The highest BCUT2D eigenvalue weighted by Crippen LogP contribution is 2.06. The van der Waals surface area contributed by atoms with Gasteiger partial charge >= 0.3 is 0 Å². The molecular formula is C12H16N2O. The minimum absolute atomic E-state index is 0.0388. The number of nitrogens with zero attached hydrogens (tertiary/aromatic N) is 2. The Bertz CT molecular complexity index is 441. The van der Waals surface area contributed by atoms with Crippen molar-refractivity contribution in [1.29, 1.82) is 0 Å². The summed E-state index contributed by atoms with van der Waals surface area (Å²) in [5.41, 5.74) is 1.20. The van der Waals surface area contributed by atoms with E-state index in [2.05, 4.69) is 11.6 Å². The fourth-order valence-corrected chi connectivity index (χ4v) is 1.35. The Morgan fingerprint density at radius 1 is 1.53 bits per heavy atom. The van der Waals surface area contributed by atoms with Gasteiger partial charge in [0, 0.05) is 6.04 Å². The molecule has 0 amide bonds. The molecule has 0 unspecified atom stereocenters. The third-order valence-electron chi connectivity index (χ3n) is 2.15. The van der Waals surface area contributed by atoms with E-state index in [9.17, 15) is 4.79 Å². The van der Waals surface area contributed by atoms with Crippen molar-refractivity contribution >= 4 is 12.2 Å². The monoisotopic (exact) mass is 204 g/mol. The Hall–Kier alpha value is -1.64. The van der Waals surface area contributed by atoms with Crippen LogP contribution >= 0.6 is 0 Å². The largest absolute Gasteiger partial charge is 0.296 e. The molecule has 1 heterocycles. The summed E-state index contributed by atoms with van der Waals surface area (Å²) in [5, 5.41) is 0. The van der Waals surface area contributed by atoms with E-state index in [-0.39, 0.29) is 11.6 Å². The minimum Gasteiger partial charge on any atom is -0.296 e. The molecule has 0 fully saturated rings. The first-order valence-corrected chi connectivity index (χ1v) is 4.98. The number of allylic oxidation sites excluding steroid dienone is 1. The predicted molar refractivity (Wildman–Crippen MR) is 63.7 cm³/mol. The van der Waals surface area contributed by atoms with Gasteiger partial charge < -0.3 is 0 Å². The topological polar surface area (TPSA) is 34.9 Å². The van der Waals surface area contributed by atoms with Crippen LogP contribution in [0.25, 0.3) is 12.2 Å². The Kier molecular flexibility index (Phi) is 3.61. The van der Waals surface area contributed by atoms with Gasteiger partial charge in [-0.1, -0.05) is 18.7 Å². The second-order valence-corrected chi connectivity index (χ2v) is 3.55. The van der Waals surface area contributed by atoms with E-state index in [1.807, 2.05) is 32.9 Å². The van der Waals surface area contributed by atoms with Crippen molar-refractivity contribution in [2.45, 2.75) is 26.8 Å². The first kappa shape index (κ1) is 11.4. The van der Waals surface area contributed by atoms with Crippen LogP contribution in [0.5, 0.6) is 0 Å². The molecule has 1 aromatic rings. The third-order valence-corrected chi connectivity index (χ3v) is 2.15. The van der Waals surface area contributed by atoms with Gasteiger partial charge in [-0.2, -0.15) is 0 Å². The average Bonchev–Trinajstić information content (AvgIpc) is 2.18. The summed E-state index contributed by atoms with van der Waals surface area (Å²) >= 11 is 0. The molecule has 15 heavy (non-hydrogen) atoms. The summed E-state index contributed by atoms with van der Waals surface area (Å²) < 4.78 is 1.60. The van der Waals surface area contributed by atoms with E-state index < -0.39 is 0 Å². The smallest absolute Gasteiger partial charge is 0.261 e. The first-order chi connectivity index (χ1) is 7.11. The van der Waals surface area contributed by atoms with Crippen LogP contribution in [0, 0.1) is 0 Å². The molecule has 0 radical (unpaired) electrons. The van der Waals surface area contributed by atoms with Crippen molar-refractivity contribution in [2.75, 3.05) is 0 Å². The quantitative estimate of drug-likeness (QED) is 0.758. The van der Waals surface area contributed by atoms with Crippen molar-refractivity contribution in [1.82, 2.24) is 9.55 Å². The van der Waals surface area contributed by atoms with Gasteiger partial charge in [-0.25, -0.2) is 4.98 Å². The highest BCUT2D eigenvalue weighted by Gasteiger charge is 2.08. The van der Waals surface area contributed by atoms with Gasteiger partial charge in [0.05, 0.1) is 17.6 Å². The molecule has 80 valence electrons. The molecule has 0 aromatic carbocycles. The lowest BCUT2D eigenvalue weighted by molar-refractivity contribution is 0.566. The van der Waals surface area contributed by atoms with Gasteiger partial charge in [-0.3, -0.25) is 9.36 Å². The Morgan fingerprint density at radius 2 is 2.20 bits per heavy atom. The van der Waals surface area contributed by atoms with Gasteiger partial charge in [-0.15, -0.1) is 0 Å². The van der Waals surface area contributed by atoms with Gasteiger partial charge in [0.25, 0.3) is 5.56 Å². The molecule has 3 nitrogen and oxygen atoms in total. The van der Waals surface area contributed by atoms with Crippen LogP contribution in [0.15, 0.2) is 23.8 Å². The zero-order valence-electron chi connectivity index (χ0n) is 9.40. The first-order valence-electron chi connectivity index (χ1n) is 4.98. The van der Waals surface area contributed by atoms with Crippen LogP contribution in [-0.4, -0.2) is 9.55 Å². The van der Waals surface area contributed by atoms with E-state index in [1.54, 1.807) is 17.0 Å². The second kappa shape index (κ2) is 4.73. The average molecular weight is 204 g/mol. The van der Waals surface area contributed by atoms with Crippen molar-refractivity contribution < 1.29 is 0 Å². The van der Waals surface area contributed by atoms with E-state index >= 15 is 0 Å². The third kappa shape index (κ3) is 2.24. The molecule has 0 aliphatic heterocycles. The van der Waals surface area contributed by atoms with Crippen molar-refractivity contribution in [3.05, 3.63) is 40.6 Å². The van der Waals surface area contributed by atoms with Crippen molar-refractivity contribution in [3.63, 3.8) is 0 Å². The fourth-order valence-electron chi connectivity index (χ4n) is 1.35. The lowest BCUT2D eigenvalue weighted by Gasteiger charge is -2.10. The highest BCUT2D eigenvalue weighted by molar-refractivity contribution is 5.60. The number of rotatable bonds is 3. The molecule has 0 saturated heterocycles. The van der Waals surface area contributed by atoms with E-state index in [1.165, 1.54) is 0 Å². The summed E-state index contributed by atoms with van der Waals surface area (Å²) in [7, 11) is 0. The van der Waals surface area contributed by atoms with E-state index in [0.717, 1.165) is 0 Å². The lowest BCUT2D eigenvalue weighted by atomic mass is 10.2. The SMILES string of the molecule is C=Cc1c(/C=C\C)ncn(C(C)C)c1=O. The van der Waals surface area contributed by atoms with Crippen LogP contribution in [0.2, 0.25) is 0 Å². The molecule has 0 atom stereocenters. The maximum atomic E-state index is 12.0. The Morgan fingerprint density at radius 3 is 2.67 bits per heavy atom. The van der Waals surface area contributed by atoms with Crippen LogP contribution in [0.3, 0.4) is 0 Å². The molecule has 3 heteroatoms. The molecule has 0 aliphatic rings. The van der Waals surface area contributed by atoms with Crippen molar-refractivity contribution in [3.8, 4) is 0 Å². The standard InChI is InChI=1S/C12H16N2O/c1-5-7-11-10(6-2)12(15)14(8-13-11)9(3)4/h5-9H,2H2,1,3-4H3/b7-5-. The summed E-state index contributed by atoms with van der Waals surface area (Å²) in [6, 6.07) is 0.114. The molecular weight excluding hydrogens is 188 g/mol. The normalized spacial score (nSPS) is 11.2. The van der Waals surface area contributed by atoms with Crippen LogP contribution in [0.1, 0.15) is 38.1 Å². The summed E-state index contributed by atoms with van der Waals surface area (Å²) in [6.07, 6.45) is 6.80. The number of hydrogen-bond acceptors (Lipinski definition) is 2. The molecule has 1 aromatic heterocycles. The number of aromatic nitrogens is 2. The van der Waals surface area contributed by atoms with Crippen LogP contribution < -0.4 is 5.56 Å². The predicted octanol–water partition coefficient (Wildman–Crippen LogP) is 2.50. The van der Waals surface area contributed by atoms with Gasteiger partial charge in [0.15, 0.2) is 0 Å². The minimum atomic E-state index is -0.0388. The van der Waals surface area contributed by atoms with E-state index in [0.29, 0.717) is 11.3 Å². The summed E-state index contributed by atoms with van der Waals surface area (Å²) in [5.74, 6) is 0. The zero-order chi connectivity index (χ0) is 11.4. The van der Waals surface area contributed by atoms with Gasteiger partial charge in [-0.05, 0) is 26.8 Å². The fraction of sp³-hybridized carbons (Fsp3) is 0.333. The lowest BCUT2D eigenvalue weighted by Crippen LogP contribution is -2.25. The molecule has 0 spiro atoms. The maximum Gasteiger partial charge on any atom is 0.261 e. The molecule has 0 bridgehead atoms. The van der Waals surface area contributed by atoms with Crippen molar-refractivity contribution in [2.24, 2.45) is 0 Å².